The third-order valence-corrected chi connectivity index (χ3v) is 14.8. The number of carbonyl (C=O) groups excluding carboxylic acids is 1. The molecule has 0 aromatic carbocycles. The highest BCUT2D eigenvalue weighted by Gasteiger charge is 2.44. The summed E-state index contributed by atoms with van der Waals surface area (Å²) in [5.41, 5.74) is 0. The van der Waals surface area contributed by atoms with Gasteiger partial charge in [0.1, 0.15) is 24.4 Å². The predicted molar refractivity (Wildman–Crippen MR) is 295 cm³/mol. The zero-order valence-corrected chi connectivity index (χ0v) is 46.0. The van der Waals surface area contributed by atoms with Crippen LogP contribution in [0, 0.1) is 0 Å². The minimum atomic E-state index is -1.55. The molecule has 1 fully saturated rings. The van der Waals surface area contributed by atoms with E-state index < -0.39 is 49.5 Å². The molecule has 1 amide bonds. The molecule has 0 aromatic rings. The molecular formula is C61H117NO8. The van der Waals surface area contributed by atoms with Crippen LogP contribution in [0.4, 0.5) is 0 Å². The van der Waals surface area contributed by atoms with Crippen LogP contribution in [-0.2, 0) is 14.3 Å². The van der Waals surface area contributed by atoms with Crippen molar-refractivity contribution in [1.29, 1.82) is 0 Å². The Bertz CT molecular complexity index is 1150. The standard InChI is InChI=1S/C61H117NO8/c1-3-5-7-9-11-13-15-17-19-20-21-22-23-24-25-26-27-28-29-30-31-32-33-34-35-36-37-39-41-43-45-47-49-51-57(65)62-54(53-69-61-60(68)59(67)58(66)56(52-63)70-61)55(64)50-48-46-44-42-40-38-18-16-14-12-10-8-6-4-2/h15,17,20-21,54-56,58-61,63-64,66-68H,3-14,16,18-19,22-53H2,1-2H3,(H,62,65)/b17-15-,21-20-. The molecule has 7 unspecified atom stereocenters. The van der Waals surface area contributed by atoms with E-state index >= 15 is 0 Å². The van der Waals surface area contributed by atoms with Crippen LogP contribution >= 0.6 is 0 Å². The maximum atomic E-state index is 13.1. The van der Waals surface area contributed by atoms with Crippen LogP contribution in [0.25, 0.3) is 0 Å². The molecular weight excluding hydrogens is 875 g/mol. The van der Waals surface area contributed by atoms with Gasteiger partial charge in [-0.25, -0.2) is 0 Å². The smallest absolute Gasteiger partial charge is 0.220 e. The van der Waals surface area contributed by atoms with E-state index in [0.717, 1.165) is 44.9 Å². The number of amides is 1. The first-order valence-electron chi connectivity index (χ1n) is 30.5. The second-order valence-electron chi connectivity index (χ2n) is 21.5. The van der Waals surface area contributed by atoms with Crippen LogP contribution in [0.1, 0.15) is 303 Å². The van der Waals surface area contributed by atoms with Gasteiger partial charge in [0.15, 0.2) is 6.29 Å². The van der Waals surface area contributed by atoms with Gasteiger partial charge >= 0.3 is 0 Å². The van der Waals surface area contributed by atoms with Crippen molar-refractivity contribution in [3.8, 4) is 0 Å². The Balaban J connectivity index is 2.08. The molecule has 1 heterocycles. The Kier molecular flexibility index (Phi) is 48.7. The summed E-state index contributed by atoms with van der Waals surface area (Å²) >= 11 is 0. The van der Waals surface area contributed by atoms with Crippen molar-refractivity contribution in [2.45, 2.75) is 346 Å². The lowest BCUT2D eigenvalue weighted by atomic mass is 9.99. The van der Waals surface area contributed by atoms with Gasteiger partial charge in [-0.1, -0.05) is 276 Å². The van der Waals surface area contributed by atoms with Crippen LogP contribution in [0.2, 0.25) is 0 Å². The van der Waals surface area contributed by atoms with Crippen molar-refractivity contribution in [1.82, 2.24) is 5.32 Å². The molecule has 414 valence electrons. The van der Waals surface area contributed by atoms with Gasteiger partial charge in [0, 0.05) is 6.42 Å². The lowest BCUT2D eigenvalue weighted by Gasteiger charge is -2.40. The first kappa shape index (κ1) is 66.7. The van der Waals surface area contributed by atoms with Gasteiger partial charge in [-0.05, 0) is 44.9 Å². The number of allylic oxidation sites excluding steroid dienone is 4. The lowest BCUT2D eigenvalue weighted by molar-refractivity contribution is -0.302. The van der Waals surface area contributed by atoms with Crippen molar-refractivity contribution >= 4 is 5.91 Å². The Labute approximate surface area is 432 Å². The van der Waals surface area contributed by atoms with Crippen molar-refractivity contribution < 1.29 is 39.8 Å². The van der Waals surface area contributed by atoms with Gasteiger partial charge in [-0.3, -0.25) is 4.79 Å². The van der Waals surface area contributed by atoms with E-state index in [1.165, 1.54) is 231 Å². The summed E-state index contributed by atoms with van der Waals surface area (Å²) in [6, 6.07) is -0.715. The Morgan fingerprint density at radius 3 is 1.23 bits per heavy atom. The summed E-state index contributed by atoms with van der Waals surface area (Å²) in [6.45, 7) is 3.85. The summed E-state index contributed by atoms with van der Waals surface area (Å²) < 4.78 is 11.3. The number of rotatable bonds is 53. The number of nitrogens with one attached hydrogen (secondary N) is 1. The van der Waals surface area contributed by atoms with Crippen molar-refractivity contribution in [3.05, 3.63) is 24.3 Å². The van der Waals surface area contributed by atoms with E-state index in [1.807, 2.05) is 0 Å². The van der Waals surface area contributed by atoms with Crippen molar-refractivity contribution in [2.24, 2.45) is 0 Å². The summed E-state index contributed by atoms with van der Waals surface area (Å²) in [7, 11) is 0. The SMILES string of the molecule is CCCCCCC/C=C\C/C=C\CCCCCCCCCCCCCCCCCCCCCCCC(=O)NC(COC1OC(CO)C(O)C(O)C1O)C(O)CCCCCCCCCCCCCCCC. The van der Waals surface area contributed by atoms with E-state index in [2.05, 4.69) is 43.5 Å². The first-order valence-corrected chi connectivity index (χ1v) is 30.5. The average Bonchev–Trinajstić information content (AvgIpc) is 3.36. The van der Waals surface area contributed by atoms with Crippen LogP contribution in [0.15, 0.2) is 24.3 Å². The molecule has 0 aromatic heterocycles. The minimum Gasteiger partial charge on any atom is -0.394 e. The van der Waals surface area contributed by atoms with Crippen LogP contribution in [-0.4, -0.2) is 87.5 Å². The number of aliphatic hydroxyl groups is 5. The molecule has 1 aliphatic rings. The van der Waals surface area contributed by atoms with Gasteiger partial charge < -0.3 is 40.3 Å². The van der Waals surface area contributed by atoms with Crippen molar-refractivity contribution in [3.63, 3.8) is 0 Å². The number of hydrogen-bond donors (Lipinski definition) is 6. The number of aliphatic hydroxyl groups excluding tert-OH is 5. The largest absolute Gasteiger partial charge is 0.394 e. The van der Waals surface area contributed by atoms with Gasteiger partial charge in [0.2, 0.25) is 5.91 Å². The fourth-order valence-electron chi connectivity index (χ4n) is 9.96. The molecule has 6 N–H and O–H groups in total. The van der Waals surface area contributed by atoms with Gasteiger partial charge in [0.25, 0.3) is 0 Å². The highest BCUT2D eigenvalue weighted by atomic mass is 16.7. The molecule has 9 nitrogen and oxygen atoms in total. The summed E-state index contributed by atoms with van der Waals surface area (Å²) in [5, 5.41) is 54.6. The third kappa shape index (κ3) is 40.1. The highest BCUT2D eigenvalue weighted by Crippen LogP contribution is 2.23. The zero-order valence-electron chi connectivity index (χ0n) is 46.0. The Morgan fingerprint density at radius 1 is 0.486 bits per heavy atom. The zero-order chi connectivity index (χ0) is 50.8. The first-order chi connectivity index (χ1) is 34.3. The second-order valence-corrected chi connectivity index (χ2v) is 21.5. The molecule has 0 bridgehead atoms. The molecule has 0 saturated carbocycles. The van der Waals surface area contributed by atoms with E-state index in [0.29, 0.717) is 12.8 Å². The molecule has 0 radical (unpaired) electrons. The van der Waals surface area contributed by atoms with Crippen LogP contribution in [0.3, 0.4) is 0 Å². The van der Waals surface area contributed by atoms with E-state index in [4.69, 9.17) is 9.47 Å². The molecule has 0 spiro atoms. The summed E-state index contributed by atoms with van der Waals surface area (Å²) in [4.78, 5) is 13.1. The maximum absolute atomic E-state index is 13.1. The van der Waals surface area contributed by atoms with Gasteiger partial charge in [-0.2, -0.15) is 0 Å². The minimum absolute atomic E-state index is 0.133. The van der Waals surface area contributed by atoms with E-state index in [1.54, 1.807) is 0 Å². The summed E-state index contributed by atoms with van der Waals surface area (Å²) in [5.74, 6) is -0.139. The predicted octanol–water partition coefficient (Wildman–Crippen LogP) is 15.4. The third-order valence-electron chi connectivity index (χ3n) is 14.8. The maximum Gasteiger partial charge on any atom is 0.220 e. The topological polar surface area (TPSA) is 149 Å². The second kappa shape index (κ2) is 51.2. The molecule has 0 aliphatic carbocycles. The number of unbranched alkanes of at least 4 members (excludes halogenated alkanes) is 39. The number of carbonyl (C=O) groups is 1. The van der Waals surface area contributed by atoms with Crippen LogP contribution < -0.4 is 5.32 Å². The van der Waals surface area contributed by atoms with Crippen LogP contribution in [0.5, 0.6) is 0 Å². The molecule has 1 rings (SSSR count). The fraction of sp³-hybridized carbons (Fsp3) is 0.918. The number of hydrogen-bond acceptors (Lipinski definition) is 8. The fourth-order valence-corrected chi connectivity index (χ4v) is 9.96. The monoisotopic (exact) mass is 992 g/mol. The van der Waals surface area contributed by atoms with Crippen molar-refractivity contribution in [2.75, 3.05) is 13.2 Å². The lowest BCUT2D eigenvalue weighted by Crippen LogP contribution is -2.60. The summed E-state index contributed by atoms with van der Waals surface area (Å²) in [6.07, 6.45) is 58.0. The van der Waals surface area contributed by atoms with Gasteiger partial charge in [0.05, 0.1) is 25.4 Å². The van der Waals surface area contributed by atoms with E-state index in [-0.39, 0.29) is 12.5 Å². The van der Waals surface area contributed by atoms with E-state index in [9.17, 15) is 30.3 Å². The van der Waals surface area contributed by atoms with Gasteiger partial charge in [-0.15, -0.1) is 0 Å². The molecule has 70 heavy (non-hydrogen) atoms. The molecule has 1 saturated heterocycles. The quantitative estimate of drug-likeness (QED) is 0.0261. The molecule has 1 aliphatic heterocycles. The Morgan fingerprint density at radius 2 is 0.843 bits per heavy atom. The normalized spacial score (nSPS) is 19.4. The number of ether oxygens (including phenoxy) is 2. The molecule has 9 heteroatoms. The average molecular weight is 993 g/mol. The Hall–Kier alpha value is -1.33. The highest BCUT2D eigenvalue weighted by molar-refractivity contribution is 5.76. The molecule has 7 atom stereocenters.